The van der Waals surface area contributed by atoms with E-state index in [2.05, 4.69) is 19.2 Å². The monoisotopic (exact) mass is 253 g/mol. The van der Waals surface area contributed by atoms with Gasteiger partial charge in [-0.25, -0.2) is 8.78 Å². The van der Waals surface area contributed by atoms with Gasteiger partial charge in [0.15, 0.2) is 0 Å². The number of piperidine rings is 1. The van der Waals surface area contributed by atoms with Crippen molar-refractivity contribution < 1.29 is 8.78 Å². The maximum Gasteiger partial charge on any atom is 0.277 e. The number of alkyl halides is 2. The van der Waals surface area contributed by atoms with Gasteiger partial charge in [-0.1, -0.05) is 38.1 Å². The van der Waals surface area contributed by atoms with Crippen molar-refractivity contribution in [3.8, 4) is 0 Å². The van der Waals surface area contributed by atoms with Crippen LogP contribution in [0.4, 0.5) is 8.78 Å². The van der Waals surface area contributed by atoms with Crippen LogP contribution in [0.5, 0.6) is 0 Å². The summed E-state index contributed by atoms with van der Waals surface area (Å²) in [6.07, 6.45) is 1.44. The molecule has 1 saturated heterocycles. The van der Waals surface area contributed by atoms with Crippen molar-refractivity contribution in [2.45, 2.75) is 38.5 Å². The fraction of sp³-hybridized carbons (Fsp3) is 0.600. The fourth-order valence-electron chi connectivity index (χ4n) is 2.49. The average molecular weight is 253 g/mol. The Hall–Kier alpha value is -0.960. The second kappa shape index (κ2) is 5.35. The topological polar surface area (TPSA) is 12.0 Å². The van der Waals surface area contributed by atoms with Crippen LogP contribution >= 0.6 is 0 Å². The molecule has 0 bridgehead atoms. The van der Waals surface area contributed by atoms with Gasteiger partial charge in [-0.05, 0) is 30.9 Å². The molecule has 1 N–H and O–H groups in total. The fourth-order valence-corrected chi connectivity index (χ4v) is 2.49. The zero-order valence-electron chi connectivity index (χ0n) is 11.0. The zero-order chi connectivity index (χ0) is 13.2. The molecule has 1 aromatic rings. The zero-order valence-corrected chi connectivity index (χ0v) is 11.0. The molecule has 1 unspecified atom stereocenters. The standard InChI is InChI=1S/C15H21F2N/c1-11(2)12-5-7-13(8-6-12)15(16,17)14-4-3-9-18-10-14/h5-8,11,14,18H,3-4,9-10H2,1-2H3. The quantitative estimate of drug-likeness (QED) is 0.861. The first kappa shape index (κ1) is 13.5. The largest absolute Gasteiger partial charge is 0.316 e. The Balaban J connectivity index is 2.17. The molecule has 1 aliphatic heterocycles. The van der Waals surface area contributed by atoms with Crippen molar-refractivity contribution in [1.29, 1.82) is 0 Å². The normalized spacial score (nSPS) is 21.3. The van der Waals surface area contributed by atoms with E-state index in [4.69, 9.17) is 0 Å². The van der Waals surface area contributed by atoms with Gasteiger partial charge < -0.3 is 5.32 Å². The Kier molecular flexibility index (Phi) is 4.00. The van der Waals surface area contributed by atoms with Crippen LogP contribution in [-0.2, 0) is 5.92 Å². The Labute approximate surface area is 108 Å². The molecule has 0 aliphatic carbocycles. The summed E-state index contributed by atoms with van der Waals surface area (Å²) < 4.78 is 28.7. The van der Waals surface area contributed by atoms with Gasteiger partial charge in [0.1, 0.15) is 0 Å². The second-order valence-electron chi connectivity index (χ2n) is 5.44. The van der Waals surface area contributed by atoms with Crippen LogP contribution in [0.3, 0.4) is 0 Å². The predicted octanol–water partition coefficient (Wildman–Crippen LogP) is 3.90. The first-order chi connectivity index (χ1) is 8.51. The van der Waals surface area contributed by atoms with Crippen molar-refractivity contribution in [1.82, 2.24) is 5.32 Å². The third-order valence-corrected chi connectivity index (χ3v) is 3.77. The minimum Gasteiger partial charge on any atom is -0.316 e. The summed E-state index contributed by atoms with van der Waals surface area (Å²) in [5.74, 6) is -2.91. The number of hydrogen-bond acceptors (Lipinski definition) is 1. The lowest BCUT2D eigenvalue weighted by Gasteiger charge is -2.31. The summed E-state index contributed by atoms with van der Waals surface area (Å²) in [6, 6.07) is 6.82. The number of halogens is 2. The molecule has 0 spiro atoms. The van der Waals surface area contributed by atoms with Crippen LogP contribution in [0, 0.1) is 5.92 Å². The van der Waals surface area contributed by atoms with Gasteiger partial charge in [-0.15, -0.1) is 0 Å². The molecule has 3 heteroatoms. The predicted molar refractivity (Wildman–Crippen MR) is 70.0 cm³/mol. The lowest BCUT2D eigenvalue weighted by molar-refractivity contribution is -0.0724. The molecule has 2 rings (SSSR count). The molecular weight excluding hydrogens is 232 g/mol. The van der Waals surface area contributed by atoms with Gasteiger partial charge in [0.05, 0.1) is 0 Å². The molecule has 0 radical (unpaired) electrons. The van der Waals surface area contributed by atoms with E-state index < -0.39 is 11.8 Å². The van der Waals surface area contributed by atoms with E-state index >= 15 is 0 Å². The molecule has 1 fully saturated rings. The van der Waals surface area contributed by atoms with Crippen LogP contribution < -0.4 is 5.32 Å². The van der Waals surface area contributed by atoms with Gasteiger partial charge in [0, 0.05) is 18.0 Å². The third kappa shape index (κ3) is 2.72. The molecule has 0 saturated carbocycles. The Morgan fingerprint density at radius 2 is 1.89 bits per heavy atom. The first-order valence-electron chi connectivity index (χ1n) is 6.70. The minimum absolute atomic E-state index is 0.153. The lowest BCUT2D eigenvalue weighted by atomic mass is 9.87. The van der Waals surface area contributed by atoms with E-state index in [0.717, 1.165) is 18.5 Å². The summed E-state index contributed by atoms with van der Waals surface area (Å²) in [5, 5.41) is 3.06. The molecule has 0 aromatic heterocycles. The van der Waals surface area contributed by atoms with Gasteiger partial charge >= 0.3 is 0 Å². The molecule has 1 aliphatic rings. The van der Waals surface area contributed by atoms with Crippen LogP contribution in [-0.4, -0.2) is 13.1 Å². The molecule has 1 nitrogen and oxygen atoms in total. The Morgan fingerprint density at radius 1 is 1.22 bits per heavy atom. The van der Waals surface area contributed by atoms with Crippen molar-refractivity contribution in [3.05, 3.63) is 35.4 Å². The molecule has 18 heavy (non-hydrogen) atoms. The first-order valence-corrected chi connectivity index (χ1v) is 6.70. The number of hydrogen-bond donors (Lipinski definition) is 1. The molecule has 1 heterocycles. The SMILES string of the molecule is CC(C)c1ccc(C(F)(F)C2CCCNC2)cc1. The van der Waals surface area contributed by atoms with E-state index in [1.54, 1.807) is 12.1 Å². The molecule has 0 amide bonds. The molecular formula is C15H21F2N. The van der Waals surface area contributed by atoms with E-state index in [1.807, 2.05) is 12.1 Å². The Bertz CT molecular complexity index is 378. The van der Waals surface area contributed by atoms with Crippen LogP contribution in [0.25, 0.3) is 0 Å². The summed E-state index contributed by atoms with van der Waals surface area (Å²) >= 11 is 0. The second-order valence-corrected chi connectivity index (χ2v) is 5.44. The minimum atomic E-state index is -2.72. The lowest BCUT2D eigenvalue weighted by Crippen LogP contribution is -2.39. The highest BCUT2D eigenvalue weighted by atomic mass is 19.3. The van der Waals surface area contributed by atoms with Crippen molar-refractivity contribution in [3.63, 3.8) is 0 Å². The van der Waals surface area contributed by atoms with Crippen molar-refractivity contribution in [2.75, 3.05) is 13.1 Å². The molecule has 1 atom stereocenters. The summed E-state index contributed by atoms with van der Waals surface area (Å²) in [4.78, 5) is 0. The van der Waals surface area contributed by atoms with E-state index in [1.165, 1.54) is 0 Å². The molecule has 100 valence electrons. The van der Waals surface area contributed by atoms with Crippen molar-refractivity contribution >= 4 is 0 Å². The number of rotatable bonds is 3. The highest BCUT2D eigenvalue weighted by Crippen LogP contribution is 2.39. The third-order valence-electron chi connectivity index (χ3n) is 3.77. The highest BCUT2D eigenvalue weighted by molar-refractivity contribution is 5.28. The average Bonchev–Trinajstić information content (AvgIpc) is 2.40. The Morgan fingerprint density at radius 3 is 2.39 bits per heavy atom. The van der Waals surface area contributed by atoms with Gasteiger partial charge in [-0.2, -0.15) is 0 Å². The number of benzene rings is 1. The van der Waals surface area contributed by atoms with Crippen molar-refractivity contribution in [2.24, 2.45) is 5.92 Å². The van der Waals surface area contributed by atoms with E-state index in [9.17, 15) is 8.78 Å². The number of nitrogens with one attached hydrogen (secondary N) is 1. The van der Waals surface area contributed by atoms with E-state index in [-0.39, 0.29) is 5.56 Å². The van der Waals surface area contributed by atoms with Gasteiger partial charge in [-0.3, -0.25) is 0 Å². The summed E-state index contributed by atoms with van der Waals surface area (Å²) in [7, 11) is 0. The van der Waals surface area contributed by atoms with E-state index in [0.29, 0.717) is 18.9 Å². The van der Waals surface area contributed by atoms with Crippen LogP contribution in [0.1, 0.15) is 43.7 Å². The van der Waals surface area contributed by atoms with Gasteiger partial charge in [0.25, 0.3) is 5.92 Å². The maximum absolute atomic E-state index is 14.3. The summed E-state index contributed by atoms with van der Waals surface area (Å²) in [5.41, 5.74) is 1.26. The molecule has 1 aromatic carbocycles. The van der Waals surface area contributed by atoms with Gasteiger partial charge in [0.2, 0.25) is 0 Å². The van der Waals surface area contributed by atoms with Crippen LogP contribution in [0.2, 0.25) is 0 Å². The highest BCUT2D eigenvalue weighted by Gasteiger charge is 2.41. The maximum atomic E-state index is 14.3. The summed E-state index contributed by atoms with van der Waals surface area (Å²) in [6.45, 7) is 5.41. The van der Waals surface area contributed by atoms with Crippen LogP contribution in [0.15, 0.2) is 24.3 Å². The smallest absolute Gasteiger partial charge is 0.277 e.